The monoisotopic (exact) mass is 335 g/mol. The first-order valence-corrected chi connectivity index (χ1v) is 8.92. The molecule has 0 unspecified atom stereocenters. The predicted molar refractivity (Wildman–Crippen MR) is 101 cm³/mol. The topological polar surface area (TPSA) is 41.3 Å². The number of likely N-dealkylation sites (N-methyl/N-ethyl adjacent to an activating group) is 1. The molecule has 0 bridgehead atoms. The molecule has 1 N–H and O–H groups in total. The maximum Gasteiger partial charge on any atom is 0.0983 e. The lowest BCUT2D eigenvalue weighted by molar-refractivity contribution is 0.155. The molecule has 4 heteroatoms. The molecule has 0 saturated heterocycles. The van der Waals surface area contributed by atoms with E-state index in [0.29, 0.717) is 6.54 Å². The van der Waals surface area contributed by atoms with Gasteiger partial charge >= 0.3 is 0 Å². The molecule has 3 heterocycles. The third kappa shape index (κ3) is 2.96. The fourth-order valence-corrected chi connectivity index (χ4v) is 3.86. The second-order valence-corrected chi connectivity index (χ2v) is 7.29. The van der Waals surface area contributed by atoms with E-state index in [-0.39, 0.29) is 0 Å². The van der Waals surface area contributed by atoms with Gasteiger partial charge in [-0.2, -0.15) is 0 Å². The van der Waals surface area contributed by atoms with Gasteiger partial charge < -0.3 is 14.6 Å². The summed E-state index contributed by atoms with van der Waals surface area (Å²) in [6.07, 6.45) is 2.27. The molecule has 1 aliphatic heterocycles. The Balaban J connectivity index is 1.77. The SMILES string of the molecule is Cc1ccc2c(c1)c1c(n2C[C@H](O)c2ccc(C)nc2)CCN(C)C1. The highest BCUT2D eigenvalue weighted by Crippen LogP contribution is 2.32. The molecular weight excluding hydrogens is 310 g/mol. The molecule has 2 aromatic heterocycles. The number of hydrogen-bond acceptors (Lipinski definition) is 3. The van der Waals surface area contributed by atoms with Gasteiger partial charge in [0.1, 0.15) is 0 Å². The molecule has 1 aliphatic rings. The van der Waals surface area contributed by atoms with Crippen LogP contribution in [0, 0.1) is 13.8 Å². The van der Waals surface area contributed by atoms with Crippen molar-refractivity contribution in [1.29, 1.82) is 0 Å². The van der Waals surface area contributed by atoms with E-state index in [0.717, 1.165) is 30.8 Å². The zero-order valence-corrected chi connectivity index (χ0v) is 15.2. The van der Waals surface area contributed by atoms with E-state index < -0.39 is 6.10 Å². The molecule has 25 heavy (non-hydrogen) atoms. The summed E-state index contributed by atoms with van der Waals surface area (Å²) in [6, 6.07) is 10.6. The summed E-state index contributed by atoms with van der Waals surface area (Å²) in [5.74, 6) is 0. The number of aryl methyl sites for hydroxylation is 2. The highest BCUT2D eigenvalue weighted by atomic mass is 16.3. The molecule has 0 saturated carbocycles. The maximum absolute atomic E-state index is 10.8. The standard InChI is InChI=1S/C21H25N3O/c1-14-4-7-19-17(10-14)18-12-23(3)9-8-20(18)24(19)13-21(25)16-6-5-15(2)22-11-16/h4-7,10-11,21,25H,8-9,12-13H2,1-3H3/t21-/m0/s1. The van der Waals surface area contributed by atoms with Crippen LogP contribution in [0.15, 0.2) is 36.5 Å². The molecular formula is C21H25N3O. The number of hydrogen-bond donors (Lipinski definition) is 1. The quantitative estimate of drug-likeness (QED) is 0.798. The molecule has 0 amide bonds. The third-order valence-electron chi connectivity index (χ3n) is 5.28. The molecule has 0 aliphatic carbocycles. The Morgan fingerprint density at radius 2 is 2.04 bits per heavy atom. The van der Waals surface area contributed by atoms with Crippen molar-refractivity contribution in [3.63, 3.8) is 0 Å². The summed E-state index contributed by atoms with van der Waals surface area (Å²) >= 11 is 0. The number of aromatic nitrogens is 2. The molecule has 4 rings (SSSR count). The molecule has 3 aromatic rings. The molecule has 0 spiro atoms. The van der Waals surface area contributed by atoms with Crippen molar-refractivity contribution < 1.29 is 5.11 Å². The van der Waals surface area contributed by atoms with Crippen LogP contribution in [0.4, 0.5) is 0 Å². The number of benzene rings is 1. The van der Waals surface area contributed by atoms with Crippen molar-refractivity contribution in [2.45, 2.75) is 39.5 Å². The molecule has 0 radical (unpaired) electrons. The van der Waals surface area contributed by atoms with E-state index in [1.807, 2.05) is 19.1 Å². The number of fused-ring (bicyclic) bond motifs is 3. The molecule has 0 fully saturated rings. The van der Waals surface area contributed by atoms with Crippen LogP contribution in [0.1, 0.15) is 34.2 Å². The summed E-state index contributed by atoms with van der Waals surface area (Å²) in [7, 11) is 2.18. The van der Waals surface area contributed by atoms with Crippen molar-refractivity contribution >= 4 is 10.9 Å². The van der Waals surface area contributed by atoms with Gasteiger partial charge in [0.2, 0.25) is 0 Å². The van der Waals surface area contributed by atoms with Gasteiger partial charge in [-0.3, -0.25) is 4.98 Å². The number of aliphatic hydroxyl groups excluding tert-OH is 1. The van der Waals surface area contributed by atoms with E-state index in [1.165, 1.54) is 27.7 Å². The Morgan fingerprint density at radius 1 is 1.20 bits per heavy atom. The zero-order chi connectivity index (χ0) is 17.6. The van der Waals surface area contributed by atoms with Crippen molar-refractivity contribution in [2.75, 3.05) is 13.6 Å². The van der Waals surface area contributed by atoms with Crippen LogP contribution in [0.5, 0.6) is 0 Å². The molecule has 130 valence electrons. The van der Waals surface area contributed by atoms with Crippen LogP contribution < -0.4 is 0 Å². The fraction of sp³-hybridized carbons (Fsp3) is 0.381. The van der Waals surface area contributed by atoms with Gasteiger partial charge in [-0.1, -0.05) is 17.7 Å². The van der Waals surface area contributed by atoms with E-state index >= 15 is 0 Å². The van der Waals surface area contributed by atoms with Gasteiger partial charge in [0.15, 0.2) is 0 Å². The first-order chi connectivity index (χ1) is 12.0. The van der Waals surface area contributed by atoms with Gasteiger partial charge in [0.25, 0.3) is 0 Å². The number of nitrogens with zero attached hydrogens (tertiary/aromatic N) is 3. The van der Waals surface area contributed by atoms with Gasteiger partial charge in [-0.25, -0.2) is 0 Å². The lowest BCUT2D eigenvalue weighted by Crippen LogP contribution is -2.27. The van der Waals surface area contributed by atoms with Crippen LogP contribution >= 0.6 is 0 Å². The molecule has 1 atom stereocenters. The smallest absolute Gasteiger partial charge is 0.0983 e. The van der Waals surface area contributed by atoms with E-state index in [1.54, 1.807) is 6.20 Å². The predicted octanol–water partition coefficient (Wildman–Crippen LogP) is 3.37. The number of aliphatic hydroxyl groups is 1. The van der Waals surface area contributed by atoms with Crippen LogP contribution in [-0.4, -0.2) is 33.1 Å². The number of pyridine rings is 1. The minimum Gasteiger partial charge on any atom is -0.386 e. The summed E-state index contributed by atoms with van der Waals surface area (Å²) in [6.45, 7) is 6.71. The Morgan fingerprint density at radius 3 is 2.80 bits per heavy atom. The lowest BCUT2D eigenvalue weighted by Gasteiger charge is -2.25. The zero-order valence-electron chi connectivity index (χ0n) is 15.2. The minimum absolute atomic E-state index is 0.547. The summed E-state index contributed by atoms with van der Waals surface area (Å²) in [5.41, 5.74) is 7.15. The van der Waals surface area contributed by atoms with Crippen LogP contribution in [-0.2, 0) is 19.5 Å². The summed E-state index contributed by atoms with van der Waals surface area (Å²) in [4.78, 5) is 6.69. The van der Waals surface area contributed by atoms with Crippen LogP contribution in [0.2, 0.25) is 0 Å². The van der Waals surface area contributed by atoms with Crippen molar-refractivity contribution in [3.05, 3.63) is 64.6 Å². The number of rotatable bonds is 3. The minimum atomic E-state index is -0.547. The van der Waals surface area contributed by atoms with Crippen molar-refractivity contribution in [1.82, 2.24) is 14.5 Å². The largest absolute Gasteiger partial charge is 0.386 e. The summed E-state index contributed by atoms with van der Waals surface area (Å²) < 4.78 is 2.32. The fourth-order valence-electron chi connectivity index (χ4n) is 3.86. The summed E-state index contributed by atoms with van der Waals surface area (Å²) in [5, 5.41) is 12.1. The Bertz CT molecular complexity index is 911. The van der Waals surface area contributed by atoms with Gasteiger partial charge in [-0.15, -0.1) is 0 Å². The van der Waals surface area contributed by atoms with Crippen molar-refractivity contribution in [2.24, 2.45) is 0 Å². The lowest BCUT2D eigenvalue weighted by atomic mass is 10.0. The van der Waals surface area contributed by atoms with E-state index in [9.17, 15) is 5.11 Å². The normalized spacial score (nSPS) is 16.2. The highest BCUT2D eigenvalue weighted by Gasteiger charge is 2.23. The van der Waals surface area contributed by atoms with Crippen LogP contribution in [0.25, 0.3) is 10.9 Å². The first kappa shape index (κ1) is 16.3. The molecule has 1 aromatic carbocycles. The van der Waals surface area contributed by atoms with Gasteiger partial charge in [-0.05, 0) is 44.7 Å². The molecule has 4 nitrogen and oxygen atoms in total. The van der Waals surface area contributed by atoms with E-state index in [2.05, 4.69) is 46.6 Å². The second kappa shape index (κ2) is 6.28. The van der Waals surface area contributed by atoms with Gasteiger partial charge in [0, 0.05) is 53.6 Å². The average Bonchev–Trinajstić information content (AvgIpc) is 2.88. The average molecular weight is 335 g/mol. The van der Waals surface area contributed by atoms with E-state index in [4.69, 9.17) is 0 Å². The maximum atomic E-state index is 10.8. The first-order valence-electron chi connectivity index (χ1n) is 8.92. The Hall–Kier alpha value is -2.17. The van der Waals surface area contributed by atoms with Crippen molar-refractivity contribution in [3.8, 4) is 0 Å². The highest BCUT2D eigenvalue weighted by molar-refractivity contribution is 5.86. The van der Waals surface area contributed by atoms with Crippen LogP contribution in [0.3, 0.4) is 0 Å². The third-order valence-corrected chi connectivity index (χ3v) is 5.28. The Kier molecular flexibility index (Phi) is 4.10. The Labute approximate surface area is 148 Å². The second-order valence-electron chi connectivity index (χ2n) is 7.29. The van der Waals surface area contributed by atoms with Gasteiger partial charge in [0.05, 0.1) is 12.6 Å².